The number of hydrogen-bond acceptors (Lipinski definition) is 6. The van der Waals surface area contributed by atoms with Crippen molar-refractivity contribution in [3.05, 3.63) is 24.3 Å². The average Bonchev–Trinajstić information content (AvgIpc) is 2.61. The molecule has 4 N–H and O–H groups in total. The zero-order chi connectivity index (χ0) is 12.6. The highest BCUT2D eigenvalue weighted by molar-refractivity contribution is 7.93. The van der Waals surface area contributed by atoms with Crippen molar-refractivity contribution in [1.29, 1.82) is 0 Å². The Kier molecular flexibility index (Phi) is 2.80. The Morgan fingerprint density at radius 1 is 1.18 bits per heavy atom. The van der Waals surface area contributed by atoms with Gasteiger partial charge < -0.3 is 11.5 Å². The van der Waals surface area contributed by atoms with E-state index in [-0.39, 0.29) is 9.34 Å². The van der Waals surface area contributed by atoms with Crippen LogP contribution in [0, 0.1) is 0 Å². The SMILES string of the molecule is CS(=O)(=O)c1sc(N)nc1-c1ccc(N)cc1. The van der Waals surface area contributed by atoms with Gasteiger partial charge >= 0.3 is 0 Å². The van der Waals surface area contributed by atoms with Gasteiger partial charge in [-0.1, -0.05) is 23.5 Å². The smallest absolute Gasteiger partial charge is 0.187 e. The molecule has 0 amide bonds. The number of aromatic nitrogens is 1. The summed E-state index contributed by atoms with van der Waals surface area (Å²) in [6.07, 6.45) is 1.14. The molecule has 0 atom stereocenters. The van der Waals surface area contributed by atoms with Crippen LogP contribution in [0.4, 0.5) is 10.8 Å². The summed E-state index contributed by atoms with van der Waals surface area (Å²) in [5, 5.41) is 0.234. The van der Waals surface area contributed by atoms with E-state index in [9.17, 15) is 8.42 Å². The molecular formula is C10H11N3O2S2. The molecule has 0 spiro atoms. The number of nitrogens with zero attached hydrogens (tertiary/aromatic N) is 1. The van der Waals surface area contributed by atoms with Crippen LogP contribution in [-0.4, -0.2) is 19.7 Å². The van der Waals surface area contributed by atoms with Gasteiger partial charge in [0.15, 0.2) is 15.0 Å². The molecule has 0 fully saturated rings. The maximum atomic E-state index is 11.6. The van der Waals surface area contributed by atoms with Crippen LogP contribution in [0.5, 0.6) is 0 Å². The van der Waals surface area contributed by atoms with Gasteiger partial charge in [0, 0.05) is 17.5 Å². The number of anilines is 2. The second-order valence-electron chi connectivity index (χ2n) is 3.58. The van der Waals surface area contributed by atoms with Gasteiger partial charge in [0.05, 0.1) is 0 Å². The molecule has 2 rings (SSSR count). The molecule has 1 aromatic carbocycles. The summed E-state index contributed by atoms with van der Waals surface area (Å²) in [5.41, 5.74) is 12.8. The number of sulfone groups is 1. The lowest BCUT2D eigenvalue weighted by Crippen LogP contribution is -1.96. The first-order valence-corrected chi connectivity index (χ1v) is 7.41. The van der Waals surface area contributed by atoms with Crippen molar-refractivity contribution in [2.45, 2.75) is 4.21 Å². The van der Waals surface area contributed by atoms with Crippen LogP contribution in [0.15, 0.2) is 28.5 Å². The van der Waals surface area contributed by atoms with Crippen molar-refractivity contribution < 1.29 is 8.42 Å². The molecule has 1 aromatic heterocycles. The normalized spacial score (nSPS) is 11.6. The third kappa shape index (κ3) is 2.40. The van der Waals surface area contributed by atoms with Gasteiger partial charge in [0.25, 0.3) is 0 Å². The zero-order valence-corrected chi connectivity index (χ0v) is 10.7. The lowest BCUT2D eigenvalue weighted by molar-refractivity contribution is 0.604. The van der Waals surface area contributed by atoms with E-state index in [0.29, 0.717) is 16.9 Å². The first-order valence-electron chi connectivity index (χ1n) is 4.70. The number of hydrogen-bond donors (Lipinski definition) is 2. The van der Waals surface area contributed by atoms with E-state index in [4.69, 9.17) is 11.5 Å². The van der Waals surface area contributed by atoms with E-state index in [1.54, 1.807) is 24.3 Å². The van der Waals surface area contributed by atoms with Crippen LogP contribution >= 0.6 is 11.3 Å². The fourth-order valence-corrected chi connectivity index (χ4v) is 3.36. The summed E-state index contributed by atoms with van der Waals surface area (Å²) in [6.45, 7) is 0. The van der Waals surface area contributed by atoms with Gasteiger partial charge in [-0.15, -0.1) is 0 Å². The van der Waals surface area contributed by atoms with E-state index < -0.39 is 9.84 Å². The molecule has 0 saturated heterocycles. The molecule has 1 heterocycles. The molecule has 0 aliphatic heterocycles. The van der Waals surface area contributed by atoms with Crippen LogP contribution in [0.25, 0.3) is 11.3 Å². The highest BCUT2D eigenvalue weighted by Crippen LogP contribution is 2.33. The Hall–Kier alpha value is -1.60. The Balaban J connectivity index is 2.64. The van der Waals surface area contributed by atoms with Crippen molar-refractivity contribution >= 4 is 32.0 Å². The maximum absolute atomic E-state index is 11.6. The number of rotatable bonds is 2. The van der Waals surface area contributed by atoms with Crippen molar-refractivity contribution in [3.8, 4) is 11.3 Å². The minimum absolute atomic E-state index is 0.180. The van der Waals surface area contributed by atoms with E-state index in [2.05, 4.69) is 4.98 Å². The third-order valence-corrected chi connectivity index (χ3v) is 4.84. The Bertz CT molecular complexity index is 645. The molecule has 0 radical (unpaired) electrons. The monoisotopic (exact) mass is 269 g/mol. The topological polar surface area (TPSA) is 99.1 Å². The Labute approximate surface area is 103 Å². The molecule has 7 heteroatoms. The van der Waals surface area contributed by atoms with Gasteiger partial charge in [0.1, 0.15) is 9.90 Å². The molecule has 5 nitrogen and oxygen atoms in total. The molecular weight excluding hydrogens is 258 g/mol. The summed E-state index contributed by atoms with van der Waals surface area (Å²) in [4.78, 5) is 4.05. The van der Waals surface area contributed by atoms with Gasteiger partial charge in [-0.2, -0.15) is 0 Å². The number of nitrogens with two attached hydrogens (primary N) is 2. The van der Waals surface area contributed by atoms with Crippen LogP contribution in [0.2, 0.25) is 0 Å². The Morgan fingerprint density at radius 3 is 2.29 bits per heavy atom. The molecule has 90 valence electrons. The van der Waals surface area contributed by atoms with Crippen molar-refractivity contribution in [2.24, 2.45) is 0 Å². The highest BCUT2D eigenvalue weighted by Gasteiger charge is 2.20. The Morgan fingerprint density at radius 2 is 1.76 bits per heavy atom. The van der Waals surface area contributed by atoms with Crippen LogP contribution in [0.1, 0.15) is 0 Å². The average molecular weight is 269 g/mol. The predicted octanol–water partition coefficient (Wildman–Crippen LogP) is 1.38. The van der Waals surface area contributed by atoms with E-state index >= 15 is 0 Å². The number of nitrogen functional groups attached to an aromatic ring is 2. The van der Waals surface area contributed by atoms with Crippen LogP contribution in [-0.2, 0) is 9.84 Å². The van der Waals surface area contributed by atoms with Crippen LogP contribution in [0.3, 0.4) is 0 Å². The van der Waals surface area contributed by atoms with E-state index in [1.165, 1.54) is 0 Å². The molecule has 0 saturated carbocycles. The van der Waals surface area contributed by atoms with Gasteiger partial charge in [-0.05, 0) is 12.1 Å². The fourth-order valence-electron chi connectivity index (χ4n) is 1.40. The molecule has 0 unspecified atom stereocenters. The summed E-state index contributed by atoms with van der Waals surface area (Å²) >= 11 is 0.968. The highest BCUT2D eigenvalue weighted by atomic mass is 32.2. The molecule has 0 bridgehead atoms. The van der Waals surface area contributed by atoms with Crippen molar-refractivity contribution in [1.82, 2.24) is 4.98 Å². The second kappa shape index (κ2) is 4.01. The number of benzene rings is 1. The van der Waals surface area contributed by atoms with Crippen molar-refractivity contribution in [2.75, 3.05) is 17.7 Å². The number of thiazole rings is 1. The zero-order valence-electron chi connectivity index (χ0n) is 9.04. The first kappa shape index (κ1) is 11.9. The molecule has 0 aliphatic rings. The summed E-state index contributed by atoms with van der Waals surface area (Å²) in [7, 11) is -3.33. The predicted molar refractivity (Wildman–Crippen MR) is 69.5 cm³/mol. The minimum Gasteiger partial charge on any atom is -0.399 e. The quantitative estimate of drug-likeness (QED) is 0.802. The third-order valence-electron chi connectivity index (χ3n) is 2.13. The second-order valence-corrected chi connectivity index (χ2v) is 6.82. The summed E-state index contributed by atoms with van der Waals surface area (Å²) in [5.74, 6) is 0. The maximum Gasteiger partial charge on any atom is 0.187 e. The van der Waals surface area contributed by atoms with E-state index in [0.717, 1.165) is 17.6 Å². The molecule has 0 aliphatic carbocycles. The van der Waals surface area contributed by atoms with E-state index in [1.807, 2.05) is 0 Å². The largest absolute Gasteiger partial charge is 0.399 e. The minimum atomic E-state index is -3.33. The lowest BCUT2D eigenvalue weighted by atomic mass is 10.1. The van der Waals surface area contributed by atoms with Gasteiger partial charge in [-0.3, -0.25) is 0 Å². The van der Waals surface area contributed by atoms with Gasteiger partial charge in [0.2, 0.25) is 0 Å². The van der Waals surface area contributed by atoms with Gasteiger partial charge in [-0.25, -0.2) is 13.4 Å². The van der Waals surface area contributed by atoms with Crippen molar-refractivity contribution in [3.63, 3.8) is 0 Å². The first-order chi connectivity index (χ1) is 7.88. The molecule has 2 aromatic rings. The fraction of sp³-hybridized carbons (Fsp3) is 0.100. The standard InChI is InChI=1S/C10H11N3O2S2/c1-17(14,15)9-8(13-10(12)16-9)6-2-4-7(11)5-3-6/h2-5H,11H2,1H3,(H2,12,13). The summed E-state index contributed by atoms with van der Waals surface area (Å²) < 4.78 is 23.4. The lowest BCUT2D eigenvalue weighted by Gasteiger charge is -2.00. The molecule has 17 heavy (non-hydrogen) atoms. The van der Waals surface area contributed by atoms with Crippen LogP contribution < -0.4 is 11.5 Å². The summed E-state index contributed by atoms with van der Waals surface area (Å²) in [6, 6.07) is 6.82.